The molecule has 4 aromatic rings. The maximum absolute atomic E-state index is 12.4. The highest BCUT2D eigenvalue weighted by Crippen LogP contribution is 2.22. The van der Waals surface area contributed by atoms with Crippen LogP contribution in [0.3, 0.4) is 0 Å². The normalized spacial score (nSPS) is 10.6. The van der Waals surface area contributed by atoms with Crippen LogP contribution in [0.25, 0.3) is 5.69 Å². The lowest BCUT2D eigenvalue weighted by atomic mass is 10.2. The molecule has 4 rings (SSSR count). The number of amides is 1. The van der Waals surface area contributed by atoms with Crippen LogP contribution in [0.2, 0.25) is 0 Å². The SMILES string of the molecule is O=C(NCCc1cnn(-c2ccccc2)c1)c1ccc(Oc2cccc(Br)c2)nc1. The van der Waals surface area contributed by atoms with Crippen molar-refractivity contribution in [1.29, 1.82) is 0 Å². The first-order chi connectivity index (χ1) is 14.7. The maximum atomic E-state index is 12.4. The molecule has 6 nitrogen and oxygen atoms in total. The average Bonchev–Trinajstić information content (AvgIpc) is 3.24. The molecule has 0 spiro atoms. The fourth-order valence-corrected chi connectivity index (χ4v) is 3.24. The molecular formula is C23H19BrN4O2. The number of pyridine rings is 1. The Morgan fingerprint density at radius 2 is 1.90 bits per heavy atom. The highest BCUT2D eigenvalue weighted by atomic mass is 79.9. The van der Waals surface area contributed by atoms with Crippen LogP contribution in [0, 0.1) is 0 Å². The van der Waals surface area contributed by atoms with Crippen molar-refractivity contribution in [2.75, 3.05) is 6.54 Å². The van der Waals surface area contributed by atoms with Crippen molar-refractivity contribution in [3.05, 3.63) is 101 Å². The van der Waals surface area contributed by atoms with E-state index in [4.69, 9.17) is 4.74 Å². The van der Waals surface area contributed by atoms with Gasteiger partial charge in [0, 0.05) is 29.5 Å². The van der Waals surface area contributed by atoms with Gasteiger partial charge in [-0.15, -0.1) is 0 Å². The number of hydrogen-bond acceptors (Lipinski definition) is 4. The van der Waals surface area contributed by atoms with Gasteiger partial charge in [0.05, 0.1) is 17.4 Å². The first-order valence-corrected chi connectivity index (χ1v) is 10.2. The van der Waals surface area contributed by atoms with Crippen LogP contribution >= 0.6 is 15.9 Å². The molecule has 0 saturated heterocycles. The minimum absolute atomic E-state index is 0.174. The van der Waals surface area contributed by atoms with Crippen molar-refractivity contribution in [2.24, 2.45) is 0 Å². The van der Waals surface area contributed by atoms with Gasteiger partial charge in [0.2, 0.25) is 5.88 Å². The summed E-state index contributed by atoms with van der Waals surface area (Å²) in [6.07, 6.45) is 5.98. The van der Waals surface area contributed by atoms with Crippen molar-refractivity contribution in [1.82, 2.24) is 20.1 Å². The van der Waals surface area contributed by atoms with Gasteiger partial charge >= 0.3 is 0 Å². The fourth-order valence-electron chi connectivity index (χ4n) is 2.86. The fraction of sp³-hybridized carbons (Fsp3) is 0.0870. The van der Waals surface area contributed by atoms with E-state index in [2.05, 4.69) is 31.3 Å². The number of para-hydroxylation sites is 1. The summed E-state index contributed by atoms with van der Waals surface area (Å²) in [5.41, 5.74) is 2.54. The Kier molecular flexibility index (Phi) is 6.20. The van der Waals surface area contributed by atoms with Crippen LogP contribution in [0.15, 0.2) is 89.8 Å². The minimum atomic E-state index is -0.174. The molecule has 0 fully saturated rings. The average molecular weight is 463 g/mol. The molecule has 0 saturated carbocycles. The molecule has 0 aliphatic rings. The number of nitrogens with zero attached hydrogens (tertiary/aromatic N) is 3. The number of nitrogens with one attached hydrogen (secondary N) is 1. The summed E-state index contributed by atoms with van der Waals surface area (Å²) in [7, 11) is 0. The summed E-state index contributed by atoms with van der Waals surface area (Å²) in [5, 5.41) is 7.28. The first-order valence-electron chi connectivity index (χ1n) is 9.44. The van der Waals surface area contributed by atoms with Gasteiger partial charge in [0.15, 0.2) is 0 Å². The summed E-state index contributed by atoms with van der Waals surface area (Å²) in [4.78, 5) is 16.6. The van der Waals surface area contributed by atoms with Crippen molar-refractivity contribution < 1.29 is 9.53 Å². The molecule has 2 aromatic heterocycles. The van der Waals surface area contributed by atoms with E-state index in [1.54, 1.807) is 12.1 Å². The number of aromatic nitrogens is 3. The van der Waals surface area contributed by atoms with Crippen LogP contribution in [0.4, 0.5) is 0 Å². The number of hydrogen-bond donors (Lipinski definition) is 1. The number of ether oxygens (including phenoxy) is 1. The second-order valence-corrected chi connectivity index (χ2v) is 7.49. The number of halogens is 1. The van der Waals surface area contributed by atoms with Gasteiger partial charge in [-0.3, -0.25) is 4.79 Å². The Hall–Kier alpha value is -3.45. The highest BCUT2D eigenvalue weighted by Gasteiger charge is 2.08. The Balaban J connectivity index is 1.28. The molecule has 2 aromatic carbocycles. The third-order valence-electron chi connectivity index (χ3n) is 4.37. The van der Waals surface area contributed by atoms with E-state index in [1.165, 1.54) is 6.20 Å². The van der Waals surface area contributed by atoms with E-state index >= 15 is 0 Å². The third-order valence-corrected chi connectivity index (χ3v) is 4.87. The number of carbonyl (C=O) groups is 1. The number of carbonyl (C=O) groups excluding carboxylic acids is 1. The Morgan fingerprint density at radius 3 is 2.67 bits per heavy atom. The standard InChI is InChI=1S/C23H19BrN4O2/c24-19-5-4-8-21(13-19)30-22-10-9-18(15-26-22)23(29)25-12-11-17-14-27-28(16-17)20-6-2-1-3-7-20/h1-10,13-16H,11-12H2,(H,25,29). The summed E-state index contributed by atoms with van der Waals surface area (Å²) < 4.78 is 8.44. The monoisotopic (exact) mass is 462 g/mol. The Morgan fingerprint density at radius 1 is 1.03 bits per heavy atom. The molecule has 0 radical (unpaired) electrons. The van der Waals surface area contributed by atoms with E-state index in [0.717, 1.165) is 15.7 Å². The number of rotatable bonds is 7. The van der Waals surface area contributed by atoms with Crippen LogP contribution in [-0.4, -0.2) is 27.2 Å². The second-order valence-electron chi connectivity index (χ2n) is 6.58. The van der Waals surface area contributed by atoms with Gasteiger partial charge < -0.3 is 10.1 Å². The van der Waals surface area contributed by atoms with Gasteiger partial charge in [-0.2, -0.15) is 5.10 Å². The molecule has 1 amide bonds. The summed E-state index contributed by atoms with van der Waals surface area (Å²) in [5.74, 6) is 0.926. The van der Waals surface area contributed by atoms with Crippen LogP contribution in [0.1, 0.15) is 15.9 Å². The Bertz CT molecular complexity index is 1130. The zero-order valence-corrected chi connectivity index (χ0v) is 17.6. The van der Waals surface area contributed by atoms with Crippen LogP contribution < -0.4 is 10.1 Å². The van der Waals surface area contributed by atoms with Gasteiger partial charge in [0.1, 0.15) is 5.75 Å². The van der Waals surface area contributed by atoms with E-state index in [0.29, 0.717) is 30.2 Å². The maximum Gasteiger partial charge on any atom is 0.252 e. The van der Waals surface area contributed by atoms with E-state index in [-0.39, 0.29) is 5.91 Å². The van der Waals surface area contributed by atoms with Gasteiger partial charge in [-0.05, 0) is 48.4 Å². The van der Waals surface area contributed by atoms with Crippen molar-refractivity contribution in [2.45, 2.75) is 6.42 Å². The second kappa shape index (κ2) is 9.37. The van der Waals surface area contributed by atoms with Crippen LogP contribution in [0.5, 0.6) is 11.6 Å². The van der Waals surface area contributed by atoms with E-state index < -0.39 is 0 Å². The molecule has 0 aliphatic heterocycles. The van der Waals surface area contributed by atoms with Crippen molar-refractivity contribution in [3.63, 3.8) is 0 Å². The summed E-state index contributed by atoms with van der Waals surface area (Å²) >= 11 is 3.40. The third kappa shape index (κ3) is 5.12. The van der Waals surface area contributed by atoms with Gasteiger partial charge in [0.25, 0.3) is 5.91 Å². The van der Waals surface area contributed by atoms with Gasteiger partial charge in [-0.1, -0.05) is 40.2 Å². The predicted octanol–water partition coefficient (Wildman–Crippen LogP) is 4.79. The van der Waals surface area contributed by atoms with Gasteiger partial charge in [-0.25, -0.2) is 9.67 Å². The lowest BCUT2D eigenvalue weighted by molar-refractivity contribution is 0.0953. The summed E-state index contributed by atoms with van der Waals surface area (Å²) in [6, 6.07) is 20.8. The topological polar surface area (TPSA) is 69.0 Å². The van der Waals surface area contributed by atoms with E-state index in [1.807, 2.05) is 71.7 Å². The molecule has 0 unspecified atom stereocenters. The molecule has 0 aliphatic carbocycles. The zero-order chi connectivity index (χ0) is 20.8. The lowest BCUT2D eigenvalue weighted by Crippen LogP contribution is -2.25. The Labute approximate surface area is 182 Å². The van der Waals surface area contributed by atoms with Crippen LogP contribution in [-0.2, 0) is 6.42 Å². The van der Waals surface area contributed by atoms with Crippen molar-refractivity contribution in [3.8, 4) is 17.3 Å². The molecular weight excluding hydrogens is 444 g/mol. The molecule has 0 atom stereocenters. The molecule has 1 N–H and O–H groups in total. The van der Waals surface area contributed by atoms with E-state index in [9.17, 15) is 4.79 Å². The minimum Gasteiger partial charge on any atom is -0.439 e. The molecule has 7 heteroatoms. The first kappa shape index (κ1) is 19.8. The largest absolute Gasteiger partial charge is 0.439 e. The number of benzene rings is 2. The van der Waals surface area contributed by atoms with Crippen molar-refractivity contribution >= 4 is 21.8 Å². The molecule has 30 heavy (non-hydrogen) atoms. The molecule has 150 valence electrons. The lowest BCUT2D eigenvalue weighted by Gasteiger charge is -2.07. The quantitative estimate of drug-likeness (QED) is 0.428. The molecule has 2 heterocycles. The predicted molar refractivity (Wildman–Crippen MR) is 118 cm³/mol. The smallest absolute Gasteiger partial charge is 0.252 e. The highest BCUT2D eigenvalue weighted by molar-refractivity contribution is 9.10. The zero-order valence-electron chi connectivity index (χ0n) is 16.0. The molecule has 0 bridgehead atoms. The summed E-state index contributed by atoms with van der Waals surface area (Å²) in [6.45, 7) is 0.510.